The fraction of sp³-hybridized carbons (Fsp3) is 0.561. The number of hydroxylamine groups is 2. The van der Waals surface area contributed by atoms with Crippen molar-refractivity contribution in [1.82, 2.24) is 15.3 Å². The monoisotopic (exact) mass is 1260 g/mol. The number of ether oxygens (including phenoxy) is 11. The Kier molecular flexibility index (Phi) is 32.1. The van der Waals surface area contributed by atoms with Crippen molar-refractivity contribution < 1.29 is 112 Å². The van der Waals surface area contributed by atoms with E-state index < -0.39 is 68.6 Å². The zero-order valence-electron chi connectivity index (χ0n) is 48.7. The maximum absolute atomic E-state index is 14.0. The average Bonchev–Trinajstić information content (AvgIpc) is 1.74. The van der Waals surface area contributed by atoms with E-state index in [1.165, 1.54) is 9.96 Å². The molecule has 3 amide bonds. The van der Waals surface area contributed by atoms with Crippen LogP contribution in [0.3, 0.4) is 0 Å². The number of esters is 1. The van der Waals surface area contributed by atoms with Gasteiger partial charge in [-0.25, -0.2) is 18.8 Å². The molecule has 3 aromatic rings. The molecule has 0 spiro atoms. The molecule has 30 heteroatoms. The minimum atomic E-state index is -5.66. The number of nitrogens with zero attached hydrogens (tertiary/aromatic N) is 3. The number of hydrogen-bond acceptors (Lipinski definition) is 21. The molecule has 87 heavy (non-hydrogen) atoms. The van der Waals surface area contributed by atoms with Crippen LogP contribution in [-0.2, 0) is 76.7 Å². The fourth-order valence-corrected chi connectivity index (χ4v) is 9.01. The second-order valence-corrected chi connectivity index (χ2v) is 20.4. The van der Waals surface area contributed by atoms with Gasteiger partial charge in [-0.3, -0.25) is 28.6 Å². The van der Waals surface area contributed by atoms with Crippen molar-refractivity contribution in [3.8, 4) is 16.9 Å². The van der Waals surface area contributed by atoms with E-state index in [1.54, 1.807) is 30.3 Å². The number of amides is 3. The van der Waals surface area contributed by atoms with Crippen molar-refractivity contribution in [2.45, 2.75) is 56.6 Å². The number of halogens is 4. The lowest BCUT2D eigenvalue weighted by Crippen LogP contribution is -2.46. The van der Waals surface area contributed by atoms with Gasteiger partial charge in [0.1, 0.15) is 11.9 Å². The largest absolute Gasteiger partial charge is 0.420 e. The second kappa shape index (κ2) is 39.0. The third kappa shape index (κ3) is 24.4. The Hall–Kier alpha value is -6.10. The molecule has 25 nitrogen and oxygen atoms in total. The molecule has 2 aliphatic rings. The zero-order chi connectivity index (χ0) is 63.0. The first-order chi connectivity index (χ1) is 41.9. The van der Waals surface area contributed by atoms with Crippen molar-refractivity contribution in [3.05, 3.63) is 82.4 Å². The van der Waals surface area contributed by atoms with Crippen LogP contribution < -0.4 is 15.8 Å². The Morgan fingerprint density at radius 2 is 1.15 bits per heavy atom. The Morgan fingerprint density at radius 1 is 0.678 bits per heavy atom. The number of aliphatic imine (C=N–C) groups is 1. The first-order valence-electron chi connectivity index (χ1n) is 28.3. The first kappa shape index (κ1) is 71.7. The topological polar surface area (TPSA) is 311 Å². The van der Waals surface area contributed by atoms with Crippen LogP contribution in [-0.4, -0.2) is 228 Å². The van der Waals surface area contributed by atoms with Gasteiger partial charge in [-0.2, -0.15) is 17.2 Å². The number of aliphatic hydroxyl groups excluding tert-OH is 1. The molecule has 5 N–H and O–H groups in total. The van der Waals surface area contributed by atoms with Crippen LogP contribution in [0.5, 0.6) is 5.75 Å². The van der Waals surface area contributed by atoms with Crippen molar-refractivity contribution in [3.63, 3.8) is 0 Å². The van der Waals surface area contributed by atoms with Gasteiger partial charge in [-0.1, -0.05) is 31.2 Å². The maximum atomic E-state index is 14.0. The zero-order valence-corrected chi connectivity index (χ0v) is 49.5. The van der Waals surface area contributed by atoms with Gasteiger partial charge < -0.3 is 73.2 Å². The summed E-state index contributed by atoms with van der Waals surface area (Å²) in [5.74, 6) is -13.4. The van der Waals surface area contributed by atoms with Crippen molar-refractivity contribution >= 4 is 51.4 Å². The van der Waals surface area contributed by atoms with Crippen molar-refractivity contribution in [2.24, 2.45) is 10.7 Å². The van der Waals surface area contributed by atoms with Gasteiger partial charge in [-0.15, -0.1) is 0 Å². The van der Waals surface area contributed by atoms with Gasteiger partial charge in [0, 0.05) is 49.2 Å². The second-order valence-electron chi connectivity index (χ2n) is 19.0. The quantitative estimate of drug-likeness (QED) is 0.0118. The Balaban J connectivity index is 0.776. The molecule has 0 bridgehead atoms. The number of β-amino-alcohol motifs (C(OH)–C–C–N with tert-alkyl or cyclic N) is 1. The SMILES string of the molecule is CCCN(OCC)C(=O)C1=Cc2ccc(-c3ccc(C(=O)N4C[C@H](O)CC4C(=O)NCCOCCOCCOCCOCCOCCOCCOCCOCCOCCOCCC(=O)Oc4c(F)c(F)c(S(=O)(=O)O)c(F)c4F)cc3)cc2N=C(N)C1. The number of likely N-dealkylation sites (tertiary alicyclic amines) is 1. The summed E-state index contributed by atoms with van der Waals surface area (Å²) in [6.45, 7) is 10.2. The number of carbonyl (C=O) groups excluding carboxylic acids is 4. The lowest BCUT2D eigenvalue weighted by molar-refractivity contribution is -0.180. The van der Waals surface area contributed by atoms with E-state index in [1.807, 2.05) is 32.0 Å². The summed E-state index contributed by atoms with van der Waals surface area (Å²) < 4.78 is 145. The van der Waals surface area contributed by atoms with E-state index in [2.05, 4.69) is 15.0 Å². The van der Waals surface area contributed by atoms with Gasteiger partial charge in [0.25, 0.3) is 11.8 Å². The summed E-state index contributed by atoms with van der Waals surface area (Å²) in [7, 11) is -5.66. The molecule has 5 rings (SSSR count). The van der Waals surface area contributed by atoms with Gasteiger partial charge in [0.05, 0.1) is 157 Å². The Bertz CT molecular complexity index is 2800. The molecule has 2 aliphatic heterocycles. The lowest BCUT2D eigenvalue weighted by atomic mass is 9.99. The molecule has 484 valence electrons. The van der Waals surface area contributed by atoms with Crippen LogP contribution in [0.4, 0.5) is 23.2 Å². The highest BCUT2D eigenvalue weighted by Crippen LogP contribution is 2.34. The number of amidine groups is 1. The van der Waals surface area contributed by atoms with Gasteiger partial charge in [-0.05, 0) is 48.7 Å². The van der Waals surface area contributed by atoms with E-state index in [-0.39, 0.29) is 83.3 Å². The number of rotatable bonds is 43. The molecule has 0 aliphatic carbocycles. The maximum Gasteiger partial charge on any atom is 0.313 e. The van der Waals surface area contributed by atoms with Gasteiger partial charge >= 0.3 is 16.1 Å². The molecule has 0 saturated carbocycles. The smallest absolute Gasteiger partial charge is 0.313 e. The van der Waals surface area contributed by atoms with Crippen LogP contribution in [0.15, 0.2) is 57.9 Å². The summed E-state index contributed by atoms with van der Waals surface area (Å²) in [6, 6.07) is 11.8. The highest BCUT2D eigenvalue weighted by Gasteiger charge is 2.39. The highest BCUT2D eigenvalue weighted by molar-refractivity contribution is 7.85. The Morgan fingerprint density at radius 3 is 1.62 bits per heavy atom. The molecular weight excluding hydrogens is 1180 g/mol. The summed E-state index contributed by atoms with van der Waals surface area (Å²) in [5.41, 5.74) is 10.1. The van der Waals surface area contributed by atoms with Crippen LogP contribution in [0.1, 0.15) is 55.5 Å². The molecule has 1 saturated heterocycles. The summed E-state index contributed by atoms with van der Waals surface area (Å²) in [6.07, 6.45) is 1.36. The first-order valence-corrected chi connectivity index (χ1v) is 29.7. The molecule has 2 atom stereocenters. The molecule has 0 radical (unpaired) electrons. The normalized spacial score (nSPS) is 15.0. The Labute approximate surface area is 501 Å². The number of nitrogens with one attached hydrogen (secondary N) is 1. The lowest BCUT2D eigenvalue weighted by Gasteiger charge is -2.24. The third-order valence-corrected chi connectivity index (χ3v) is 13.4. The van der Waals surface area contributed by atoms with Crippen molar-refractivity contribution in [2.75, 3.05) is 158 Å². The standard InChI is InChI=1S/C57H77F4N5O20S/c1-3-13-66(85-4-2)57(71)43-34-42-10-9-41(35-45(42)64-47(62)36-43)39-5-7-40(8-6-39)56(70)65-38-44(67)37-46(65)55(69)63-12-15-76-17-19-78-21-23-80-25-27-82-29-31-84-33-32-83-30-28-81-26-24-79-22-20-77-18-16-75-14-11-48(68)86-53-49(58)51(60)54(87(72,73)74)52(61)50(53)59/h5-10,34-35,44,46,67H,3-4,11-33,36-38H2,1-2H3,(H2,62,64)(H,63,69)(H,72,73,74)/t44-,46?/m1/s1. The summed E-state index contributed by atoms with van der Waals surface area (Å²) >= 11 is 0. The molecule has 1 fully saturated rings. The predicted molar refractivity (Wildman–Crippen MR) is 302 cm³/mol. The molecule has 1 unspecified atom stereocenters. The minimum Gasteiger partial charge on any atom is -0.420 e. The predicted octanol–water partition coefficient (Wildman–Crippen LogP) is 3.98. The van der Waals surface area contributed by atoms with E-state index in [0.717, 1.165) is 23.1 Å². The third-order valence-electron chi connectivity index (χ3n) is 12.5. The van der Waals surface area contributed by atoms with Crippen LogP contribution in [0.25, 0.3) is 17.2 Å². The molecule has 3 aromatic carbocycles. The number of aliphatic hydroxyl groups is 1. The fourth-order valence-electron chi connectivity index (χ4n) is 8.38. The average molecular weight is 1260 g/mol. The van der Waals surface area contributed by atoms with Crippen LogP contribution in [0.2, 0.25) is 0 Å². The molecular formula is C57H77F4N5O20S. The van der Waals surface area contributed by atoms with Gasteiger partial charge in [0.15, 0.2) is 16.5 Å². The number of carbonyl (C=O) groups is 4. The van der Waals surface area contributed by atoms with Crippen LogP contribution in [0, 0.1) is 23.3 Å². The van der Waals surface area contributed by atoms with E-state index in [4.69, 9.17) is 62.5 Å². The highest BCUT2D eigenvalue weighted by atomic mass is 32.2. The summed E-state index contributed by atoms with van der Waals surface area (Å²) in [5, 5.41) is 14.6. The van der Waals surface area contributed by atoms with E-state index >= 15 is 0 Å². The number of hydrogen-bond donors (Lipinski definition) is 4. The van der Waals surface area contributed by atoms with Crippen LogP contribution >= 0.6 is 0 Å². The number of nitrogens with two attached hydrogens (primary N) is 1. The minimum absolute atomic E-state index is 0.0102. The van der Waals surface area contributed by atoms with Crippen molar-refractivity contribution in [1.29, 1.82) is 0 Å². The molecule has 0 aromatic heterocycles. The number of benzene rings is 3. The molecule has 2 heterocycles. The van der Waals surface area contributed by atoms with Gasteiger partial charge in [0.2, 0.25) is 23.3 Å². The summed E-state index contributed by atoms with van der Waals surface area (Å²) in [4.78, 5) is 61.3. The number of fused-ring (bicyclic) bond motifs is 1. The van der Waals surface area contributed by atoms with E-state index in [0.29, 0.717) is 128 Å². The van der Waals surface area contributed by atoms with E-state index in [9.17, 15) is 50.3 Å².